The summed E-state index contributed by atoms with van der Waals surface area (Å²) in [5.74, 6) is 2.26. The Balaban J connectivity index is 1.41. The van der Waals surface area contributed by atoms with Gasteiger partial charge in [0.1, 0.15) is 18.2 Å². The molecule has 1 fully saturated rings. The molecule has 1 saturated heterocycles. The Morgan fingerprint density at radius 1 is 1.24 bits per heavy atom. The minimum atomic E-state index is 0.459. The van der Waals surface area contributed by atoms with Gasteiger partial charge in [-0.25, -0.2) is 9.67 Å². The van der Waals surface area contributed by atoms with Crippen molar-refractivity contribution in [1.29, 1.82) is 0 Å². The third kappa shape index (κ3) is 4.54. The summed E-state index contributed by atoms with van der Waals surface area (Å²) in [6.07, 6.45) is 9.07. The van der Waals surface area contributed by atoms with Gasteiger partial charge in [-0.1, -0.05) is 0 Å². The summed E-state index contributed by atoms with van der Waals surface area (Å²) >= 11 is 0. The van der Waals surface area contributed by atoms with Crippen LogP contribution in [0.4, 0.5) is 5.82 Å². The minimum Gasteiger partial charge on any atom is -0.481 e. The van der Waals surface area contributed by atoms with Gasteiger partial charge < -0.3 is 19.7 Å². The Morgan fingerprint density at radius 3 is 2.79 bits per heavy atom. The highest BCUT2D eigenvalue weighted by Gasteiger charge is 2.24. The van der Waals surface area contributed by atoms with E-state index in [9.17, 15) is 0 Å². The molecule has 182 valence electrons. The molecule has 3 aromatic heterocycles. The second kappa shape index (κ2) is 9.76. The first-order valence-corrected chi connectivity index (χ1v) is 12.2. The average Bonchev–Trinajstić information content (AvgIpc) is 3.36. The summed E-state index contributed by atoms with van der Waals surface area (Å²) in [5.41, 5.74) is 4.96. The molecule has 34 heavy (non-hydrogen) atoms. The highest BCUT2D eigenvalue weighted by Crippen LogP contribution is 2.34. The molecular formula is C25H35N7O2. The van der Waals surface area contributed by atoms with E-state index < -0.39 is 0 Å². The van der Waals surface area contributed by atoms with Crippen LogP contribution in [0.3, 0.4) is 0 Å². The molecule has 9 heteroatoms. The quantitative estimate of drug-likeness (QED) is 0.597. The fraction of sp³-hybridized carbons (Fsp3) is 0.560. The zero-order valence-corrected chi connectivity index (χ0v) is 20.6. The number of hydrogen-bond acceptors (Lipinski definition) is 7. The molecule has 0 spiro atoms. The maximum Gasteiger partial charge on any atom is 0.215 e. The van der Waals surface area contributed by atoms with Crippen LogP contribution in [0.2, 0.25) is 0 Å². The van der Waals surface area contributed by atoms with Crippen LogP contribution in [0.5, 0.6) is 5.88 Å². The van der Waals surface area contributed by atoms with E-state index in [0.29, 0.717) is 31.2 Å². The van der Waals surface area contributed by atoms with Gasteiger partial charge in [-0.3, -0.25) is 4.68 Å². The number of methoxy groups -OCH3 is 1. The molecule has 0 aromatic carbocycles. The second-order valence-corrected chi connectivity index (χ2v) is 9.61. The highest BCUT2D eigenvalue weighted by atomic mass is 16.5. The van der Waals surface area contributed by atoms with Crippen molar-refractivity contribution in [2.75, 3.05) is 38.9 Å². The van der Waals surface area contributed by atoms with E-state index in [1.165, 1.54) is 25.9 Å². The Hall–Kier alpha value is -2.91. The molecule has 9 nitrogen and oxygen atoms in total. The van der Waals surface area contributed by atoms with Gasteiger partial charge in [0.25, 0.3) is 0 Å². The lowest BCUT2D eigenvalue weighted by molar-refractivity contribution is 0.140. The number of nitrogens with zero attached hydrogens (tertiary/aromatic N) is 6. The van der Waals surface area contributed by atoms with Crippen molar-refractivity contribution in [3.05, 3.63) is 35.8 Å². The van der Waals surface area contributed by atoms with Crippen LogP contribution in [0, 0.1) is 12.8 Å². The molecule has 0 amide bonds. The summed E-state index contributed by atoms with van der Waals surface area (Å²) in [4.78, 5) is 7.03. The summed E-state index contributed by atoms with van der Waals surface area (Å²) in [7, 11) is 1.64. The SMILES string of the molecule is COc1ncc(-c2nn(-c3cnn(CC4CCN(C(C)C)CC4)c3)c3c2CCOCN3)cc1C. The van der Waals surface area contributed by atoms with Gasteiger partial charge in [0, 0.05) is 41.9 Å². The standard InChI is InChI=1S/C25H35N7O2/c1-17(2)30-8-5-19(6-9-30)14-31-15-21(13-28-31)32-24-22(7-10-34-16-27-24)23(29-32)20-11-18(3)25(33-4)26-12-20/h11-13,15,17,19,27H,5-10,14,16H2,1-4H3. The zero-order valence-electron chi connectivity index (χ0n) is 20.6. The molecule has 1 N–H and O–H groups in total. The monoisotopic (exact) mass is 465 g/mol. The summed E-state index contributed by atoms with van der Waals surface area (Å²) in [5, 5.41) is 13.1. The topological polar surface area (TPSA) is 82.3 Å². The van der Waals surface area contributed by atoms with Crippen LogP contribution in [-0.4, -0.2) is 69.0 Å². The van der Waals surface area contributed by atoms with Crippen molar-refractivity contribution in [3.8, 4) is 22.8 Å². The lowest BCUT2D eigenvalue weighted by atomic mass is 9.96. The molecule has 3 aromatic rings. The van der Waals surface area contributed by atoms with Gasteiger partial charge in [-0.2, -0.15) is 10.2 Å². The van der Waals surface area contributed by atoms with E-state index in [4.69, 9.17) is 14.6 Å². The first-order chi connectivity index (χ1) is 16.5. The zero-order chi connectivity index (χ0) is 23.7. The first kappa shape index (κ1) is 22.9. The van der Waals surface area contributed by atoms with Crippen LogP contribution in [-0.2, 0) is 17.7 Å². The first-order valence-electron chi connectivity index (χ1n) is 12.2. The third-order valence-electron chi connectivity index (χ3n) is 7.01. The number of fused-ring (bicyclic) bond motifs is 1. The van der Waals surface area contributed by atoms with Crippen molar-refractivity contribution in [1.82, 2.24) is 29.4 Å². The summed E-state index contributed by atoms with van der Waals surface area (Å²) < 4.78 is 15.1. The van der Waals surface area contributed by atoms with Crippen LogP contribution >= 0.6 is 0 Å². The van der Waals surface area contributed by atoms with Gasteiger partial charge in [0.15, 0.2) is 0 Å². The molecular weight excluding hydrogens is 430 g/mol. The van der Waals surface area contributed by atoms with Crippen molar-refractivity contribution in [2.24, 2.45) is 5.92 Å². The molecule has 0 bridgehead atoms. The van der Waals surface area contributed by atoms with Crippen LogP contribution in [0.15, 0.2) is 24.7 Å². The minimum absolute atomic E-state index is 0.459. The Labute approximate surface area is 201 Å². The fourth-order valence-corrected chi connectivity index (χ4v) is 5.04. The number of pyridine rings is 1. The van der Waals surface area contributed by atoms with E-state index in [-0.39, 0.29) is 0 Å². The largest absolute Gasteiger partial charge is 0.481 e. The second-order valence-electron chi connectivity index (χ2n) is 9.61. The van der Waals surface area contributed by atoms with Gasteiger partial charge >= 0.3 is 0 Å². The number of anilines is 1. The van der Waals surface area contributed by atoms with Crippen LogP contribution in [0.25, 0.3) is 16.9 Å². The molecule has 0 radical (unpaired) electrons. The van der Waals surface area contributed by atoms with Crippen molar-refractivity contribution >= 4 is 5.82 Å². The van der Waals surface area contributed by atoms with E-state index >= 15 is 0 Å². The molecule has 2 aliphatic heterocycles. The molecule has 0 saturated carbocycles. The Morgan fingerprint density at radius 2 is 2.06 bits per heavy atom. The van der Waals surface area contributed by atoms with Crippen LogP contribution in [0.1, 0.15) is 37.8 Å². The number of piperidine rings is 1. The number of nitrogens with one attached hydrogen (secondary N) is 1. The van der Waals surface area contributed by atoms with Crippen molar-refractivity contribution in [2.45, 2.75) is 52.6 Å². The van der Waals surface area contributed by atoms with E-state index in [0.717, 1.165) is 46.9 Å². The highest BCUT2D eigenvalue weighted by molar-refractivity contribution is 5.71. The predicted molar refractivity (Wildman–Crippen MR) is 131 cm³/mol. The van der Waals surface area contributed by atoms with Gasteiger partial charge in [0.05, 0.1) is 31.8 Å². The number of aromatic nitrogens is 5. The molecule has 2 aliphatic rings. The number of hydrogen-bond donors (Lipinski definition) is 1. The van der Waals surface area contributed by atoms with Crippen LogP contribution < -0.4 is 10.1 Å². The normalized spacial score (nSPS) is 17.4. The van der Waals surface area contributed by atoms with Crippen molar-refractivity contribution in [3.63, 3.8) is 0 Å². The fourth-order valence-electron chi connectivity index (χ4n) is 5.04. The smallest absolute Gasteiger partial charge is 0.215 e. The maximum absolute atomic E-state index is 5.70. The number of ether oxygens (including phenoxy) is 2. The van der Waals surface area contributed by atoms with Gasteiger partial charge in [-0.15, -0.1) is 0 Å². The molecule has 5 heterocycles. The van der Waals surface area contributed by atoms with E-state index in [1.807, 2.05) is 24.0 Å². The number of aryl methyl sites for hydroxylation is 1. The summed E-state index contributed by atoms with van der Waals surface area (Å²) in [6.45, 7) is 11.0. The summed E-state index contributed by atoms with van der Waals surface area (Å²) in [6, 6.07) is 2.71. The molecule has 0 unspecified atom stereocenters. The van der Waals surface area contributed by atoms with Gasteiger partial charge in [0.2, 0.25) is 5.88 Å². The van der Waals surface area contributed by atoms with Crippen molar-refractivity contribution < 1.29 is 9.47 Å². The Kier molecular flexibility index (Phi) is 6.56. The average molecular weight is 466 g/mol. The number of likely N-dealkylation sites (tertiary alicyclic amines) is 1. The molecule has 0 atom stereocenters. The van der Waals surface area contributed by atoms with E-state index in [2.05, 4.69) is 51.1 Å². The Bertz CT molecular complexity index is 1130. The molecule has 5 rings (SSSR count). The molecule has 0 aliphatic carbocycles. The third-order valence-corrected chi connectivity index (χ3v) is 7.01. The number of rotatable bonds is 6. The lowest BCUT2D eigenvalue weighted by Gasteiger charge is -2.34. The maximum atomic E-state index is 5.70. The lowest BCUT2D eigenvalue weighted by Crippen LogP contribution is -2.39. The van der Waals surface area contributed by atoms with Gasteiger partial charge in [-0.05, 0) is 58.7 Å². The van der Waals surface area contributed by atoms with E-state index in [1.54, 1.807) is 7.11 Å². The predicted octanol–water partition coefficient (Wildman–Crippen LogP) is 3.51.